The molecule has 0 N–H and O–H groups in total. The molecular formula is C28H29N3O2. The van der Waals surface area contributed by atoms with E-state index in [0.29, 0.717) is 26.1 Å². The lowest BCUT2D eigenvalue weighted by Gasteiger charge is -2.18. The smallest absolute Gasteiger partial charge is 0.227 e. The highest BCUT2D eigenvalue weighted by atomic mass is 16.5. The van der Waals surface area contributed by atoms with Crippen LogP contribution in [0.5, 0.6) is 5.75 Å². The molecule has 1 aliphatic rings. The van der Waals surface area contributed by atoms with Gasteiger partial charge in [-0.2, -0.15) is 0 Å². The molecule has 0 spiro atoms. The Hall–Kier alpha value is -3.60. The van der Waals surface area contributed by atoms with Gasteiger partial charge in [0, 0.05) is 24.6 Å². The molecule has 5 nitrogen and oxygen atoms in total. The molecule has 2 heterocycles. The minimum Gasteiger partial charge on any atom is -0.491 e. The number of nitrogens with zero attached hydrogens (tertiary/aromatic N) is 3. The van der Waals surface area contributed by atoms with E-state index < -0.39 is 0 Å². The highest BCUT2D eigenvalue weighted by Crippen LogP contribution is 2.33. The Bertz CT molecular complexity index is 1290. The summed E-state index contributed by atoms with van der Waals surface area (Å²) in [5.74, 6) is 2.11. The van der Waals surface area contributed by atoms with Crippen LogP contribution >= 0.6 is 0 Å². The Labute approximate surface area is 194 Å². The second-order valence-corrected chi connectivity index (χ2v) is 8.92. The van der Waals surface area contributed by atoms with Gasteiger partial charge in [-0.3, -0.25) is 4.79 Å². The van der Waals surface area contributed by atoms with Gasteiger partial charge in [0.1, 0.15) is 18.2 Å². The first kappa shape index (κ1) is 21.3. The first-order valence-corrected chi connectivity index (χ1v) is 11.5. The lowest BCUT2D eigenvalue weighted by Crippen LogP contribution is -2.24. The predicted octanol–water partition coefficient (Wildman–Crippen LogP) is 5.56. The molecule has 1 fully saturated rings. The van der Waals surface area contributed by atoms with Crippen molar-refractivity contribution < 1.29 is 9.53 Å². The molecule has 1 aromatic heterocycles. The van der Waals surface area contributed by atoms with E-state index in [1.807, 2.05) is 35.2 Å². The molecule has 4 aromatic rings. The minimum atomic E-state index is 0.0476. The van der Waals surface area contributed by atoms with Crippen molar-refractivity contribution in [3.8, 4) is 5.75 Å². The van der Waals surface area contributed by atoms with Gasteiger partial charge in [-0.25, -0.2) is 4.98 Å². The van der Waals surface area contributed by atoms with Gasteiger partial charge >= 0.3 is 0 Å². The topological polar surface area (TPSA) is 47.4 Å². The Kier molecular flexibility index (Phi) is 5.63. The fourth-order valence-corrected chi connectivity index (χ4v) is 4.76. The molecule has 0 aliphatic carbocycles. The van der Waals surface area contributed by atoms with Crippen LogP contribution in [0.4, 0.5) is 5.69 Å². The van der Waals surface area contributed by atoms with Gasteiger partial charge in [-0.1, -0.05) is 48.0 Å². The van der Waals surface area contributed by atoms with Gasteiger partial charge in [0.05, 0.1) is 17.6 Å². The summed E-state index contributed by atoms with van der Waals surface area (Å²) in [6.45, 7) is 8.07. The standard InChI is InChI=1S/C28H29N3O2/c1-19-11-13-23(14-12-19)31-18-22(17-26(31)32)28-29-24-9-4-5-10-25(24)30(28)15-16-33-27-20(2)7-6-8-21(27)3/h4-14,22H,15-18H2,1-3H3/t22-/m0/s1. The Balaban J connectivity index is 1.41. The molecule has 33 heavy (non-hydrogen) atoms. The quantitative estimate of drug-likeness (QED) is 0.395. The lowest BCUT2D eigenvalue weighted by molar-refractivity contribution is -0.117. The lowest BCUT2D eigenvalue weighted by atomic mass is 10.1. The van der Waals surface area contributed by atoms with E-state index >= 15 is 0 Å². The summed E-state index contributed by atoms with van der Waals surface area (Å²) in [6, 6.07) is 22.5. The van der Waals surface area contributed by atoms with Crippen LogP contribution in [0.25, 0.3) is 11.0 Å². The number of amides is 1. The number of rotatable bonds is 6. The van der Waals surface area contributed by atoms with Gasteiger partial charge in [-0.05, 0) is 56.2 Å². The van der Waals surface area contributed by atoms with E-state index in [0.717, 1.165) is 39.4 Å². The minimum absolute atomic E-state index is 0.0476. The Morgan fingerprint density at radius 3 is 2.42 bits per heavy atom. The van der Waals surface area contributed by atoms with Gasteiger partial charge in [0.25, 0.3) is 0 Å². The molecule has 1 aliphatic heterocycles. The number of hydrogen-bond donors (Lipinski definition) is 0. The van der Waals surface area contributed by atoms with Gasteiger partial charge < -0.3 is 14.2 Å². The fraction of sp³-hybridized carbons (Fsp3) is 0.286. The van der Waals surface area contributed by atoms with Crippen LogP contribution in [0.15, 0.2) is 66.7 Å². The van der Waals surface area contributed by atoms with E-state index in [1.54, 1.807) is 0 Å². The molecule has 0 bridgehead atoms. The molecule has 0 unspecified atom stereocenters. The monoisotopic (exact) mass is 439 g/mol. The van der Waals surface area contributed by atoms with Gasteiger partial charge in [-0.15, -0.1) is 0 Å². The molecule has 1 atom stereocenters. The van der Waals surface area contributed by atoms with Crippen molar-refractivity contribution in [1.29, 1.82) is 0 Å². The van der Waals surface area contributed by atoms with Gasteiger partial charge in [0.2, 0.25) is 5.91 Å². The van der Waals surface area contributed by atoms with E-state index in [1.165, 1.54) is 5.56 Å². The zero-order valence-electron chi connectivity index (χ0n) is 19.4. The van der Waals surface area contributed by atoms with Crippen LogP contribution in [-0.4, -0.2) is 28.6 Å². The summed E-state index contributed by atoms with van der Waals surface area (Å²) in [4.78, 5) is 19.8. The van der Waals surface area contributed by atoms with Crippen molar-refractivity contribution in [2.75, 3.05) is 18.1 Å². The number of anilines is 1. The van der Waals surface area contributed by atoms with Crippen molar-refractivity contribution in [2.45, 2.75) is 39.7 Å². The fourth-order valence-electron chi connectivity index (χ4n) is 4.76. The predicted molar refractivity (Wildman–Crippen MR) is 132 cm³/mol. The molecule has 1 saturated heterocycles. The summed E-state index contributed by atoms with van der Waals surface area (Å²) in [5.41, 5.74) is 6.46. The first-order valence-electron chi connectivity index (χ1n) is 11.5. The van der Waals surface area contributed by atoms with Crippen LogP contribution in [-0.2, 0) is 11.3 Å². The molecule has 1 amide bonds. The number of imidazole rings is 1. The first-order chi connectivity index (χ1) is 16.0. The molecule has 5 heteroatoms. The number of aromatic nitrogens is 2. The summed E-state index contributed by atoms with van der Waals surface area (Å²) >= 11 is 0. The highest BCUT2D eigenvalue weighted by molar-refractivity contribution is 5.96. The largest absolute Gasteiger partial charge is 0.491 e. The third-order valence-corrected chi connectivity index (χ3v) is 6.49. The third kappa shape index (κ3) is 4.11. The summed E-state index contributed by atoms with van der Waals surface area (Å²) in [7, 11) is 0. The second kappa shape index (κ2) is 8.74. The van der Waals surface area contributed by atoms with Crippen LogP contribution in [0.1, 0.15) is 34.9 Å². The SMILES string of the molecule is Cc1ccc(N2C[C@@H](c3nc4ccccc4n3CCOc3c(C)cccc3C)CC2=O)cc1. The number of carbonyl (C=O) groups excluding carboxylic acids is 1. The van der Waals surface area contributed by atoms with Crippen molar-refractivity contribution in [1.82, 2.24) is 9.55 Å². The van der Waals surface area contributed by atoms with Gasteiger partial charge in [0.15, 0.2) is 0 Å². The number of benzene rings is 3. The molecule has 5 rings (SSSR count). The molecule has 3 aromatic carbocycles. The average Bonchev–Trinajstić information content (AvgIpc) is 3.37. The number of para-hydroxylation sites is 3. The third-order valence-electron chi connectivity index (χ3n) is 6.49. The van der Waals surface area contributed by atoms with E-state index in [-0.39, 0.29) is 11.8 Å². The summed E-state index contributed by atoms with van der Waals surface area (Å²) < 4.78 is 8.44. The van der Waals surface area contributed by atoms with Crippen molar-refractivity contribution in [3.63, 3.8) is 0 Å². The van der Waals surface area contributed by atoms with Crippen LogP contribution in [0.3, 0.4) is 0 Å². The number of fused-ring (bicyclic) bond motifs is 1. The maximum atomic E-state index is 12.9. The maximum Gasteiger partial charge on any atom is 0.227 e. The number of carbonyl (C=O) groups is 1. The second-order valence-electron chi connectivity index (χ2n) is 8.92. The summed E-state index contributed by atoms with van der Waals surface area (Å²) in [6.07, 6.45) is 0.467. The molecule has 168 valence electrons. The normalized spacial score (nSPS) is 16.0. The van der Waals surface area contributed by atoms with Crippen molar-refractivity contribution >= 4 is 22.6 Å². The zero-order valence-corrected chi connectivity index (χ0v) is 19.4. The molecular weight excluding hydrogens is 410 g/mol. The van der Waals surface area contributed by atoms with Crippen LogP contribution < -0.4 is 9.64 Å². The Morgan fingerprint density at radius 2 is 1.67 bits per heavy atom. The average molecular weight is 440 g/mol. The number of ether oxygens (including phenoxy) is 1. The number of hydrogen-bond acceptors (Lipinski definition) is 3. The number of aryl methyl sites for hydroxylation is 3. The van der Waals surface area contributed by atoms with E-state index in [4.69, 9.17) is 9.72 Å². The van der Waals surface area contributed by atoms with Crippen molar-refractivity contribution in [3.05, 3.63) is 89.2 Å². The van der Waals surface area contributed by atoms with E-state index in [2.05, 4.69) is 61.7 Å². The zero-order chi connectivity index (χ0) is 22.9. The van der Waals surface area contributed by atoms with Crippen LogP contribution in [0.2, 0.25) is 0 Å². The van der Waals surface area contributed by atoms with Crippen LogP contribution in [0, 0.1) is 20.8 Å². The van der Waals surface area contributed by atoms with Crippen molar-refractivity contribution in [2.24, 2.45) is 0 Å². The molecule has 0 saturated carbocycles. The highest BCUT2D eigenvalue weighted by Gasteiger charge is 2.34. The molecule has 0 radical (unpaired) electrons. The Morgan fingerprint density at radius 1 is 0.939 bits per heavy atom. The maximum absolute atomic E-state index is 12.9. The van der Waals surface area contributed by atoms with E-state index in [9.17, 15) is 4.79 Å². The summed E-state index contributed by atoms with van der Waals surface area (Å²) in [5, 5.41) is 0.